The van der Waals surface area contributed by atoms with Crippen molar-refractivity contribution in [3.63, 3.8) is 0 Å². The molecule has 0 aliphatic heterocycles. The molecule has 3 aromatic rings. The Kier molecular flexibility index (Phi) is 8.35. The first-order valence-corrected chi connectivity index (χ1v) is 11.3. The predicted molar refractivity (Wildman–Crippen MR) is 123 cm³/mol. The molecule has 162 valence electrons. The van der Waals surface area contributed by atoms with Crippen molar-refractivity contribution in [2.75, 3.05) is 30.1 Å². The first kappa shape index (κ1) is 23.1. The number of hydrogen-bond acceptors (Lipinski definition) is 8. The van der Waals surface area contributed by atoms with Crippen LogP contribution in [0.15, 0.2) is 46.8 Å². The zero-order chi connectivity index (χ0) is 22.2. The van der Waals surface area contributed by atoms with Gasteiger partial charge in [-0.2, -0.15) is 0 Å². The molecule has 0 unspecified atom stereocenters. The number of benzene rings is 2. The van der Waals surface area contributed by atoms with E-state index in [4.69, 9.17) is 32.7 Å². The molecule has 12 heteroatoms. The third kappa shape index (κ3) is 7.28. The summed E-state index contributed by atoms with van der Waals surface area (Å²) in [4.78, 5) is 24.2. The second-order valence-electron chi connectivity index (χ2n) is 5.85. The van der Waals surface area contributed by atoms with E-state index >= 15 is 0 Å². The van der Waals surface area contributed by atoms with E-state index in [2.05, 4.69) is 20.8 Å². The van der Waals surface area contributed by atoms with Crippen LogP contribution in [0.3, 0.4) is 0 Å². The van der Waals surface area contributed by atoms with E-state index in [1.165, 1.54) is 17.8 Å². The minimum Gasteiger partial charge on any atom is -0.497 e. The highest BCUT2D eigenvalue weighted by atomic mass is 35.5. The topological polar surface area (TPSA) is 102 Å². The second-order valence-corrected chi connectivity index (χ2v) is 8.90. The SMILES string of the molecule is COc1cccc(NC(=O)CSc2nnc(NC(=O)COc3ccc(Cl)cc3Cl)s2)c1. The number of rotatable bonds is 9. The van der Waals surface area contributed by atoms with Gasteiger partial charge < -0.3 is 14.8 Å². The summed E-state index contributed by atoms with van der Waals surface area (Å²) in [6.07, 6.45) is 0. The van der Waals surface area contributed by atoms with Gasteiger partial charge in [0.2, 0.25) is 11.0 Å². The molecule has 0 atom stereocenters. The van der Waals surface area contributed by atoms with Gasteiger partial charge in [-0.15, -0.1) is 10.2 Å². The van der Waals surface area contributed by atoms with Gasteiger partial charge in [-0.05, 0) is 30.3 Å². The highest BCUT2D eigenvalue weighted by Crippen LogP contribution is 2.28. The number of hydrogen-bond donors (Lipinski definition) is 2. The van der Waals surface area contributed by atoms with E-state index in [1.54, 1.807) is 43.5 Å². The van der Waals surface area contributed by atoms with Crippen molar-refractivity contribution >= 4 is 68.9 Å². The summed E-state index contributed by atoms with van der Waals surface area (Å²) in [6.45, 7) is -0.258. The normalized spacial score (nSPS) is 10.4. The molecule has 2 N–H and O–H groups in total. The fraction of sp³-hybridized carbons (Fsp3) is 0.158. The average molecular weight is 499 g/mol. The van der Waals surface area contributed by atoms with E-state index in [0.717, 1.165) is 11.3 Å². The van der Waals surface area contributed by atoms with Crippen LogP contribution in [-0.2, 0) is 9.59 Å². The van der Waals surface area contributed by atoms with Crippen molar-refractivity contribution in [1.82, 2.24) is 10.2 Å². The summed E-state index contributed by atoms with van der Waals surface area (Å²) in [5.74, 6) is 0.508. The van der Waals surface area contributed by atoms with Gasteiger partial charge in [0.15, 0.2) is 10.9 Å². The van der Waals surface area contributed by atoms with E-state index < -0.39 is 5.91 Å². The Balaban J connectivity index is 1.44. The third-order valence-corrected chi connectivity index (χ3v) is 6.09. The van der Waals surface area contributed by atoms with E-state index in [9.17, 15) is 9.59 Å². The molecule has 0 aliphatic carbocycles. The molecular formula is C19H16Cl2N4O4S2. The van der Waals surface area contributed by atoms with Crippen LogP contribution in [-0.4, -0.2) is 41.5 Å². The van der Waals surface area contributed by atoms with Crippen LogP contribution in [0.1, 0.15) is 0 Å². The maximum Gasteiger partial charge on any atom is 0.264 e. The summed E-state index contributed by atoms with van der Waals surface area (Å²) >= 11 is 14.2. The molecule has 2 aromatic carbocycles. The second kappa shape index (κ2) is 11.2. The maximum atomic E-state index is 12.1. The highest BCUT2D eigenvalue weighted by Gasteiger charge is 2.12. The Morgan fingerprint density at radius 3 is 2.71 bits per heavy atom. The summed E-state index contributed by atoms with van der Waals surface area (Å²) in [5, 5.41) is 14.3. The number of carbonyl (C=O) groups excluding carboxylic acids is 2. The standard InChI is InChI=1S/C19H16Cl2N4O4S2/c1-28-13-4-2-3-12(8-13)22-17(27)10-30-19-25-24-18(31-19)23-16(26)9-29-15-6-5-11(20)7-14(15)21/h2-8H,9-10H2,1H3,(H,22,27)(H,23,24,26). The van der Waals surface area contributed by atoms with Crippen LogP contribution in [0.5, 0.6) is 11.5 Å². The number of halogens is 2. The van der Waals surface area contributed by atoms with E-state index in [1.807, 2.05) is 0 Å². The number of nitrogens with one attached hydrogen (secondary N) is 2. The van der Waals surface area contributed by atoms with Gasteiger partial charge in [0, 0.05) is 16.8 Å². The number of methoxy groups -OCH3 is 1. The smallest absolute Gasteiger partial charge is 0.264 e. The molecule has 1 aromatic heterocycles. The molecule has 3 rings (SSSR count). The molecule has 0 aliphatic rings. The number of aromatic nitrogens is 2. The number of thioether (sulfide) groups is 1. The summed E-state index contributed by atoms with van der Waals surface area (Å²) in [5.41, 5.74) is 0.635. The first-order chi connectivity index (χ1) is 14.9. The van der Waals surface area contributed by atoms with Crippen LogP contribution in [0.2, 0.25) is 10.0 Å². The number of amides is 2. The zero-order valence-corrected chi connectivity index (χ0v) is 19.2. The van der Waals surface area contributed by atoms with Crippen LogP contribution >= 0.6 is 46.3 Å². The molecule has 0 saturated carbocycles. The monoisotopic (exact) mass is 498 g/mol. The molecule has 0 saturated heterocycles. The predicted octanol–water partition coefficient (Wildman–Crippen LogP) is 4.60. The first-order valence-electron chi connectivity index (χ1n) is 8.71. The summed E-state index contributed by atoms with van der Waals surface area (Å²) < 4.78 is 11.0. The molecule has 0 fully saturated rings. The fourth-order valence-corrected chi connectivity index (χ4v) is 4.27. The lowest BCUT2D eigenvalue weighted by atomic mass is 10.3. The van der Waals surface area contributed by atoms with Crippen molar-refractivity contribution in [3.8, 4) is 11.5 Å². The third-order valence-electron chi connectivity index (χ3n) is 3.59. The molecule has 0 spiro atoms. The number of anilines is 2. The Hall–Kier alpha value is -2.53. The molecular weight excluding hydrogens is 483 g/mol. The largest absolute Gasteiger partial charge is 0.497 e. The molecule has 8 nitrogen and oxygen atoms in total. The molecule has 0 bridgehead atoms. The van der Waals surface area contributed by atoms with Crippen molar-refractivity contribution < 1.29 is 19.1 Å². The van der Waals surface area contributed by atoms with Gasteiger partial charge >= 0.3 is 0 Å². The lowest BCUT2D eigenvalue weighted by Gasteiger charge is -2.07. The zero-order valence-electron chi connectivity index (χ0n) is 16.1. The van der Waals surface area contributed by atoms with Gasteiger partial charge in [-0.1, -0.05) is 52.4 Å². The fourth-order valence-electron chi connectivity index (χ4n) is 2.23. The van der Waals surface area contributed by atoms with E-state index in [0.29, 0.717) is 36.7 Å². The highest BCUT2D eigenvalue weighted by molar-refractivity contribution is 8.01. The maximum absolute atomic E-state index is 12.1. The molecule has 2 amide bonds. The Morgan fingerprint density at radius 2 is 1.94 bits per heavy atom. The van der Waals surface area contributed by atoms with Crippen LogP contribution in [0, 0.1) is 0 Å². The van der Waals surface area contributed by atoms with Gasteiger partial charge in [0.1, 0.15) is 11.5 Å². The van der Waals surface area contributed by atoms with Gasteiger partial charge in [0.25, 0.3) is 5.91 Å². The molecule has 0 radical (unpaired) electrons. The number of carbonyl (C=O) groups is 2. The molecule has 31 heavy (non-hydrogen) atoms. The van der Waals surface area contributed by atoms with E-state index in [-0.39, 0.29) is 18.3 Å². The van der Waals surface area contributed by atoms with Crippen LogP contribution in [0.25, 0.3) is 0 Å². The summed E-state index contributed by atoms with van der Waals surface area (Å²) in [6, 6.07) is 11.8. The minimum atomic E-state index is -0.422. The Morgan fingerprint density at radius 1 is 1.10 bits per heavy atom. The van der Waals surface area contributed by atoms with Gasteiger partial charge in [-0.25, -0.2) is 0 Å². The number of nitrogens with zero attached hydrogens (tertiary/aromatic N) is 2. The van der Waals surface area contributed by atoms with Crippen molar-refractivity contribution in [3.05, 3.63) is 52.5 Å². The average Bonchev–Trinajstić information content (AvgIpc) is 3.19. The van der Waals surface area contributed by atoms with Gasteiger partial charge in [0.05, 0.1) is 17.9 Å². The lowest BCUT2D eigenvalue weighted by Crippen LogP contribution is -2.20. The number of ether oxygens (including phenoxy) is 2. The van der Waals surface area contributed by atoms with Crippen LogP contribution < -0.4 is 20.1 Å². The Bertz CT molecular complexity index is 1080. The minimum absolute atomic E-state index is 0.137. The Labute approximate surface area is 196 Å². The van der Waals surface area contributed by atoms with Crippen molar-refractivity contribution in [2.24, 2.45) is 0 Å². The van der Waals surface area contributed by atoms with Gasteiger partial charge in [-0.3, -0.25) is 14.9 Å². The quantitative estimate of drug-likeness (QED) is 0.328. The molecule has 1 heterocycles. The summed E-state index contributed by atoms with van der Waals surface area (Å²) in [7, 11) is 1.56. The van der Waals surface area contributed by atoms with Crippen LogP contribution in [0.4, 0.5) is 10.8 Å². The lowest BCUT2D eigenvalue weighted by molar-refractivity contribution is -0.118. The van der Waals surface area contributed by atoms with Crippen molar-refractivity contribution in [1.29, 1.82) is 0 Å². The van der Waals surface area contributed by atoms with Crippen molar-refractivity contribution in [2.45, 2.75) is 4.34 Å².